The summed E-state index contributed by atoms with van der Waals surface area (Å²) in [5.41, 5.74) is 3.57. The molecular formula is C16H16N4. The smallest absolute Gasteiger partial charge is 0.0690 e. The van der Waals surface area contributed by atoms with Crippen molar-refractivity contribution in [2.75, 3.05) is 0 Å². The number of pyridine rings is 1. The minimum Gasteiger partial charge on any atom is -0.309 e. The fraction of sp³-hybridized carbons (Fsp3) is 0.125. The van der Waals surface area contributed by atoms with Gasteiger partial charge in [-0.05, 0) is 35.4 Å². The Morgan fingerprint density at radius 2 is 1.75 bits per heavy atom. The number of nitrogens with one attached hydrogen (secondary N) is 1. The normalized spacial score (nSPS) is 10.6. The lowest BCUT2D eigenvalue weighted by Crippen LogP contribution is -2.14. The van der Waals surface area contributed by atoms with Crippen molar-refractivity contribution in [1.29, 1.82) is 0 Å². The van der Waals surface area contributed by atoms with Gasteiger partial charge < -0.3 is 5.32 Å². The van der Waals surface area contributed by atoms with Gasteiger partial charge in [0.05, 0.1) is 5.69 Å². The van der Waals surface area contributed by atoms with Crippen molar-refractivity contribution in [3.05, 3.63) is 78.4 Å². The number of aromatic nitrogens is 3. The van der Waals surface area contributed by atoms with Gasteiger partial charge in [-0.1, -0.05) is 18.2 Å². The summed E-state index contributed by atoms with van der Waals surface area (Å²) in [7, 11) is 0. The number of nitrogens with zero attached hydrogens (tertiary/aromatic N) is 3. The molecule has 100 valence electrons. The zero-order valence-electron chi connectivity index (χ0n) is 11.1. The van der Waals surface area contributed by atoms with Gasteiger partial charge in [-0.2, -0.15) is 5.10 Å². The maximum absolute atomic E-state index is 4.29. The van der Waals surface area contributed by atoms with Gasteiger partial charge in [0.2, 0.25) is 0 Å². The molecule has 3 rings (SSSR count). The monoisotopic (exact) mass is 264 g/mol. The summed E-state index contributed by atoms with van der Waals surface area (Å²) in [6.45, 7) is 1.63. The van der Waals surface area contributed by atoms with Crippen molar-refractivity contribution >= 4 is 0 Å². The lowest BCUT2D eigenvalue weighted by Gasteiger charge is -2.10. The van der Waals surface area contributed by atoms with E-state index < -0.39 is 0 Å². The Hall–Kier alpha value is -2.46. The average Bonchev–Trinajstić information content (AvgIpc) is 3.03. The second-order valence-corrected chi connectivity index (χ2v) is 4.54. The molecule has 4 heteroatoms. The van der Waals surface area contributed by atoms with E-state index >= 15 is 0 Å². The van der Waals surface area contributed by atoms with Gasteiger partial charge in [0.15, 0.2) is 0 Å². The van der Waals surface area contributed by atoms with Crippen LogP contribution in [0.25, 0.3) is 5.69 Å². The fourth-order valence-electron chi connectivity index (χ4n) is 2.14. The van der Waals surface area contributed by atoms with E-state index in [0.29, 0.717) is 0 Å². The van der Waals surface area contributed by atoms with Crippen molar-refractivity contribution in [3.63, 3.8) is 0 Å². The van der Waals surface area contributed by atoms with Crippen LogP contribution in [-0.4, -0.2) is 14.8 Å². The summed E-state index contributed by atoms with van der Waals surface area (Å²) < 4.78 is 1.89. The van der Waals surface area contributed by atoms with Crippen LogP contribution in [0.15, 0.2) is 67.3 Å². The highest BCUT2D eigenvalue weighted by Gasteiger charge is 2.03. The van der Waals surface area contributed by atoms with E-state index in [1.165, 1.54) is 11.1 Å². The van der Waals surface area contributed by atoms with Crippen molar-refractivity contribution in [2.24, 2.45) is 0 Å². The Labute approximate surface area is 118 Å². The molecule has 0 amide bonds. The lowest BCUT2D eigenvalue weighted by molar-refractivity contribution is 0.685. The van der Waals surface area contributed by atoms with Gasteiger partial charge in [0.25, 0.3) is 0 Å². The Kier molecular flexibility index (Phi) is 3.85. The zero-order chi connectivity index (χ0) is 13.6. The van der Waals surface area contributed by atoms with Crippen molar-refractivity contribution in [2.45, 2.75) is 13.1 Å². The molecule has 0 fully saturated rings. The molecule has 1 N–H and O–H groups in total. The van der Waals surface area contributed by atoms with Gasteiger partial charge in [-0.15, -0.1) is 0 Å². The first-order valence-electron chi connectivity index (χ1n) is 6.61. The van der Waals surface area contributed by atoms with Crippen molar-refractivity contribution < 1.29 is 0 Å². The third-order valence-electron chi connectivity index (χ3n) is 3.14. The maximum atomic E-state index is 4.29. The van der Waals surface area contributed by atoms with E-state index in [-0.39, 0.29) is 0 Å². The highest BCUT2D eigenvalue weighted by Crippen LogP contribution is 2.13. The van der Waals surface area contributed by atoms with Crippen molar-refractivity contribution in [1.82, 2.24) is 20.1 Å². The van der Waals surface area contributed by atoms with Gasteiger partial charge in [-0.25, -0.2) is 4.68 Å². The minimum atomic E-state index is 0.804. The van der Waals surface area contributed by atoms with E-state index in [1.807, 2.05) is 47.5 Å². The molecular weight excluding hydrogens is 248 g/mol. The molecule has 0 aliphatic rings. The zero-order valence-corrected chi connectivity index (χ0v) is 11.1. The Bertz CT molecular complexity index is 647. The second kappa shape index (κ2) is 6.12. The van der Waals surface area contributed by atoms with Crippen LogP contribution in [0, 0.1) is 0 Å². The van der Waals surface area contributed by atoms with Crippen LogP contribution in [0.1, 0.15) is 11.1 Å². The summed E-state index contributed by atoms with van der Waals surface area (Å²) in [6, 6.07) is 14.3. The fourth-order valence-corrected chi connectivity index (χ4v) is 2.14. The average molecular weight is 264 g/mol. The molecule has 3 aromatic rings. The SMILES string of the molecule is c1ccc(-n2cccn2)c(CNCc2ccncc2)c1. The first kappa shape index (κ1) is 12.6. The van der Waals surface area contributed by atoms with Gasteiger partial charge >= 0.3 is 0 Å². The standard InChI is InChI=1S/C16H16N4/c1-2-5-16(20-11-3-8-19-20)15(4-1)13-18-12-14-6-9-17-10-7-14/h1-11,18H,12-13H2. The maximum Gasteiger partial charge on any atom is 0.0690 e. The van der Waals surface area contributed by atoms with Crippen LogP contribution >= 0.6 is 0 Å². The summed E-state index contributed by atoms with van der Waals surface area (Å²) in [6.07, 6.45) is 7.38. The lowest BCUT2D eigenvalue weighted by atomic mass is 10.1. The second-order valence-electron chi connectivity index (χ2n) is 4.54. The minimum absolute atomic E-state index is 0.804. The summed E-state index contributed by atoms with van der Waals surface area (Å²) in [5.74, 6) is 0. The quantitative estimate of drug-likeness (QED) is 0.770. The number of para-hydroxylation sites is 1. The Balaban J connectivity index is 1.69. The summed E-state index contributed by atoms with van der Waals surface area (Å²) >= 11 is 0. The van der Waals surface area contributed by atoms with Crippen LogP contribution in [-0.2, 0) is 13.1 Å². The summed E-state index contributed by atoms with van der Waals surface area (Å²) in [4.78, 5) is 4.02. The van der Waals surface area contributed by atoms with Crippen LogP contribution in [0.3, 0.4) is 0 Å². The van der Waals surface area contributed by atoms with E-state index in [2.05, 4.69) is 33.6 Å². The third-order valence-corrected chi connectivity index (χ3v) is 3.14. The van der Waals surface area contributed by atoms with Crippen LogP contribution in [0.4, 0.5) is 0 Å². The molecule has 0 bridgehead atoms. The van der Waals surface area contributed by atoms with E-state index in [0.717, 1.165) is 18.8 Å². The number of rotatable bonds is 5. The predicted molar refractivity (Wildman–Crippen MR) is 78.3 cm³/mol. The molecule has 0 spiro atoms. The molecule has 0 unspecified atom stereocenters. The molecule has 20 heavy (non-hydrogen) atoms. The van der Waals surface area contributed by atoms with Gasteiger partial charge in [0.1, 0.15) is 0 Å². The first-order chi connectivity index (χ1) is 9.93. The molecule has 0 aliphatic heterocycles. The van der Waals surface area contributed by atoms with Crippen LogP contribution in [0.2, 0.25) is 0 Å². The number of benzene rings is 1. The number of hydrogen-bond acceptors (Lipinski definition) is 3. The van der Waals surface area contributed by atoms with E-state index in [1.54, 1.807) is 6.20 Å². The molecule has 0 radical (unpaired) electrons. The van der Waals surface area contributed by atoms with Crippen LogP contribution < -0.4 is 5.32 Å². The van der Waals surface area contributed by atoms with Crippen molar-refractivity contribution in [3.8, 4) is 5.69 Å². The molecule has 0 atom stereocenters. The number of hydrogen-bond donors (Lipinski definition) is 1. The molecule has 0 saturated carbocycles. The molecule has 2 aromatic heterocycles. The highest BCUT2D eigenvalue weighted by molar-refractivity contribution is 5.40. The Morgan fingerprint density at radius 3 is 2.55 bits per heavy atom. The molecule has 2 heterocycles. The first-order valence-corrected chi connectivity index (χ1v) is 6.61. The molecule has 4 nitrogen and oxygen atoms in total. The van der Waals surface area contributed by atoms with Gasteiger partial charge in [-0.3, -0.25) is 4.98 Å². The van der Waals surface area contributed by atoms with Gasteiger partial charge in [0, 0.05) is 37.9 Å². The Morgan fingerprint density at radius 1 is 0.900 bits per heavy atom. The molecule has 1 aromatic carbocycles. The highest BCUT2D eigenvalue weighted by atomic mass is 15.3. The topological polar surface area (TPSA) is 42.7 Å². The molecule has 0 saturated heterocycles. The van der Waals surface area contributed by atoms with Crippen LogP contribution in [0.5, 0.6) is 0 Å². The summed E-state index contributed by atoms with van der Waals surface area (Å²) in [5, 5.41) is 7.75. The third kappa shape index (κ3) is 2.92. The molecule has 0 aliphatic carbocycles. The predicted octanol–water partition coefficient (Wildman–Crippen LogP) is 2.56. The largest absolute Gasteiger partial charge is 0.309 e. The van der Waals surface area contributed by atoms with E-state index in [4.69, 9.17) is 0 Å². The van der Waals surface area contributed by atoms with E-state index in [9.17, 15) is 0 Å².